The van der Waals surface area contributed by atoms with Gasteiger partial charge >= 0.3 is 5.97 Å². The topological polar surface area (TPSA) is 134 Å². The fourth-order valence-corrected chi connectivity index (χ4v) is 2.39. The molecule has 1 unspecified atom stereocenters. The van der Waals surface area contributed by atoms with E-state index >= 15 is 0 Å². The number of nitrogens with one attached hydrogen (secondary N) is 2. The number of hydrogen-bond acceptors (Lipinski definition) is 4. The molecule has 8 nitrogen and oxygen atoms in total. The van der Waals surface area contributed by atoms with Crippen molar-refractivity contribution in [3.05, 3.63) is 54.4 Å². The standard InChI is InChI=1S/C18H17N5O3/c1-10(18(25)26)17(24)21-13-6-7-15-22-14(9-23(15)8-13)11-2-4-12(5-3-11)16(19)20/h2-10H,1H3,(H3,19,20)(H,21,24)(H,25,26). The van der Waals surface area contributed by atoms with Crippen LogP contribution in [0, 0.1) is 11.3 Å². The van der Waals surface area contributed by atoms with Crippen molar-refractivity contribution in [1.82, 2.24) is 9.38 Å². The van der Waals surface area contributed by atoms with Gasteiger partial charge in [0.2, 0.25) is 5.91 Å². The number of pyridine rings is 1. The minimum absolute atomic E-state index is 0.00234. The van der Waals surface area contributed by atoms with Gasteiger partial charge in [0.05, 0.1) is 11.4 Å². The Hall–Kier alpha value is -3.68. The average Bonchev–Trinajstić information content (AvgIpc) is 3.04. The molecule has 0 fully saturated rings. The van der Waals surface area contributed by atoms with E-state index in [2.05, 4.69) is 10.3 Å². The van der Waals surface area contributed by atoms with E-state index in [1.165, 1.54) is 6.92 Å². The molecule has 0 aliphatic heterocycles. The van der Waals surface area contributed by atoms with Crippen molar-refractivity contribution in [2.24, 2.45) is 11.7 Å². The fraction of sp³-hybridized carbons (Fsp3) is 0.111. The zero-order valence-electron chi connectivity index (χ0n) is 13.9. The maximum atomic E-state index is 11.9. The first kappa shape index (κ1) is 17.2. The highest BCUT2D eigenvalue weighted by Gasteiger charge is 2.20. The predicted octanol–water partition coefficient (Wildman–Crippen LogP) is 1.94. The smallest absolute Gasteiger partial charge is 0.315 e. The first-order chi connectivity index (χ1) is 12.3. The van der Waals surface area contributed by atoms with Gasteiger partial charge in [0.15, 0.2) is 0 Å². The third-order valence-corrected chi connectivity index (χ3v) is 3.97. The van der Waals surface area contributed by atoms with E-state index in [0.29, 0.717) is 16.9 Å². The van der Waals surface area contributed by atoms with Crippen LogP contribution in [0.4, 0.5) is 5.69 Å². The first-order valence-corrected chi connectivity index (χ1v) is 7.82. The van der Waals surface area contributed by atoms with Crippen LogP contribution in [0.1, 0.15) is 12.5 Å². The average molecular weight is 351 g/mol. The van der Waals surface area contributed by atoms with Crippen LogP contribution < -0.4 is 11.1 Å². The van der Waals surface area contributed by atoms with Gasteiger partial charge in [-0.3, -0.25) is 15.0 Å². The zero-order chi connectivity index (χ0) is 18.8. The molecule has 5 N–H and O–H groups in total. The number of carboxylic acids is 1. The molecule has 0 spiro atoms. The fourth-order valence-electron chi connectivity index (χ4n) is 2.39. The molecule has 0 saturated heterocycles. The summed E-state index contributed by atoms with van der Waals surface area (Å²) in [5, 5.41) is 18.9. The summed E-state index contributed by atoms with van der Waals surface area (Å²) >= 11 is 0. The van der Waals surface area contributed by atoms with E-state index in [1.54, 1.807) is 41.1 Å². The second-order valence-corrected chi connectivity index (χ2v) is 5.85. The Morgan fingerprint density at radius 1 is 1.19 bits per heavy atom. The number of carbonyl (C=O) groups is 2. The van der Waals surface area contributed by atoms with Crippen molar-refractivity contribution in [2.45, 2.75) is 6.92 Å². The van der Waals surface area contributed by atoms with Gasteiger partial charge in [-0.1, -0.05) is 24.3 Å². The summed E-state index contributed by atoms with van der Waals surface area (Å²) in [5.41, 5.74) is 8.83. The predicted molar refractivity (Wildman–Crippen MR) is 97.1 cm³/mol. The van der Waals surface area contributed by atoms with E-state index in [4.69, 9.17) is 16.2 Å². The van der Waals surface area contributed by atoms with Crippen LogP contribution >= 0.6 is 0 Å². The Balaban J connectivity index is 1.86. The summed E-state index contributed by atoms with van der Waals surface area (Å²) in [6.45, 7) is 1.33. The summed E-state index contributed by atoms with van der Waals surface area (Å²) in [6.07, 6.45) is 3.47. The molecule has 0 saturated carbocycles. The normalized spacial score (nSPS) is 11.9. The van der Waals surface area contributed by atoms with Crippen LogP contribution in [0.2, 0.25) is 0 Å². The van der Waals surface area contributed by atoms with E-state index in [-0.39, 0.29) is 5.84 Å². The lowest BCUT2D eigenvalue weighted by Crippen LogP contribution is -2.26. The number of aromatic nitrogens is 2. The molecule has 3 rings (SSSR count). The second-order valence-electron chi connectivity index (χ2n) is 5.85. The number of amides is 1. The number of imidazole rings is 1. The quantitative estimate of drug-likeness (QED) is 0.317. The number of carboxylic acid groups (broad SMARTS) is 1. The molecule has 8 heteroatoms. The van der Waals surface area contributed by atoms with Gasteiger partial charge in [-0.05, 0) is 19.1 Å². The van der Waals surface area contributed by atoms with Gasteiger partial charge < -0.3 is 20.6 Å². The minimum Gasteiger partial charge on any atom is -0.481 e. The molecule has 1 atom stereocenters. The molecule has 0 aliphatic rings. The molecule has 2 aromatic heterocycles. The number of nitrogens with zero attached hydrogens (tertiary/aromatic N) is 2. The maximum Gasteiger partial charge on any atom is 0.315 e. The minimum atomic E-state index is -1.18. The number of rotatable bonds is 5. The van der Waals surface area contributed by atoms with Crippen molar-refractivity contribution < 1.29 is 14.7 Å². The van der Waals surface area contributed by atoms with Crippen molar-refractivity contribution in [2.75, 3.05) is 5.32 Å². The van der Waals surface area contributed by atoms with Gasteiger partial charge in [0, 0.05) is 23.5 Å². The Morgan fingerprint density at radius 2 is 1.88 bits per heavy atom. The van der Waals surface area contributed by atoms with E-state index in [9.17, 15) is 9.59 Å². The molecule has 1 amide bonds. The van der Waals surface area contributed by atoms with Crippen LogP contribution in [0.25, 0.3) is 16.9 Å². The number of nitrogens with two attached hydrogens (primary N) is 1. The SMILES string of the molecule is CC(C(=O)O)C(=O)Nc1ccc2nc(-c3ccc(C(=N)N)cc3)cn2c1. The maximum absolute atomic E-state index is 11.9. The molecule has 26 heavy (non-hydrogen) atoms. The van der Waals surface area contributed by atoms with Crippen LogP contribution in [-0.2, 0) is 9.59 Å². The number of nitrogen functional groups attached to an aromatic ring is 1. The molecule has 0 bridgehead atoms. The van der Waals surface area contributed by atoms with Crippen molar-refractivity contribution >= 4 is 29.0 Å². The molecular weight excluding hydrogens is 334 g/mol. The Bertz CT molecular complexity index is 1010. The third kappa shape index (κ3) is 3.39. The molecular formula is C18H17N5O3. The lowest BCUT2D eigenvalue weighted by molar-refractivity contribution is -0.144. The highest BCUT2D eigenvalue weighted by Crippen LogP contribution is 2.21. The highest BCUT2D eigenvalue weighted by molar-refractivity contribution is 6.03. The van der Waals surface area contributed by atoms with E-state index < -0.39 is 17.8 Å². The number of carbonyl (C=O) groups excluding carboxylic acids is 1. The largest absolute Gasteiger partial charge is 0.481 e. The molecule has 0 radical (unpaired) electrons. The lowest BCUT2D eigenvalue weighted by Gasteiger charge is -2.08. The number of amidine groups is 1. The molecule has 1 aromatic carbocycles. The summed E-state index contributed by atoms with van der Waals surface area (Å²) in [4.78, 5) is 27.2. The number of hydrogen-bond donors (Lipinski definition) is 4. The Kier molecular flexibility index (Phi) is 4.40. The number of benzene rings is 1. The van der Waals surface area contributed by atoms with Crippen LogP contribution in [0.15, 0.2) is 48.8 Å². The number of aliphatic carboxylic acids is 1. The van der Waals surface area contributed by atoms with Crippen molar-refractivity contribution in [3.8, 4) is 11.3 Å². The van der Waals surface area contributed by atoms with Crippen molar-refractivity contribution in [3.63, 3.8) is 0 Å². The molecule has 132 valence electrons. The van der Waals surface area contributed by atoms with Gasteiger partial charge in [0.25, 0.3) is 0 Å². The second kappa shape index (κ2) is 6.67. The molecule has 3 aromatic rings. The molecule has 2 heterocycles. The monoisotopic (exact) mass is 351 g/mol. The summed E-state index contributed by atoms with van der Waals surface area (Å²) in [5.74, 6) is -2.90. The van der Waals surface area contributed by atoms with Gasteiger partial charge in [-0.2, -0.15) is 0 Å². The van der Waals surface area contributed by atoms with E-state index in [0.717, 1.165) is 11.3 Å². The first-order valence-electron chi connectivity index (χ1n) is 7.82. The summed E-state index contributed by atoms with van der Waals surface area (Å²) in [6, 6.07) is 10.6. The van der Waals surface area contributed by atoms with Crippen LogP contribution in [0.3, 0.4) is 0 Å². The van der Waals surface area contributed by atoms with Crippen molar-refractivity contribution in [1.29, 1.82) is 5.41 Å². The van der Waals surface area contributed by atoms with Gasteiger partial charge in [-0.25, -0.2) is 4.98 Å². The highest BCUT2D eigenvalue weighted by atomic mass is 16.4. The zero-order valence-corrected chi connectivity index (χ0v) is 13.9. The van der Waals surface area contributed by atoms with Crippen LogP contribution in [-0.4, -0.2) is 32.2 Å². The summed E-state index contributed by atoms with van der Waals surface area (Å²) in [7, 11) is 0. The van der Waals surface area contributed by atoms with E-state index in [1.807, 2.05) is 12.1 Å². The molecule has 0 aliphatic carbocycles. The van der Waals surface area contributed by atoms with Crippen LogP contribution in [0.5, 0.6) is 0 Å². The Morgan fingerprint density at radius 3 is 2.50 bits per heavy atom. The summed E-state index contributed by atoms with van der Waals surface area (Å²) < 4.78 is 1.75. The third-order valence-electron chi connectivity index (χ3n) is 3.97. The van der Waals surface area contributed by atoms with Gasteiger partial charge in [-0.15, -0.1) is 0 Å². The Labute approximate surface area is 148 Å². The lowest BCUT2D eigenvalue weighted by atomic mass is 10.1. The van der Waals surface area contributed by atoms with Gasteiger partial charge in [0.1, 0.15) is 17.4 Å². The number of fused-ring (bicyclic) bond motifs is 1. The number of anilines is 1.